The van der Waals surface area contributed by atoms with Gasteiger partial charge in [-0.3, -0.25) is 0 Å². The van der Waals surface area contributed by atoms with E-state index in [-0.39, 0.29) is 0 Å². The van der Waals surface area contributed by atoms with E-state index in [1.54, 1.807) is 0 Å². The summed E-state index contributed by atoms with van der Waals surface area (Å²) in [4.78, 5) is 0. The SMILES string of the molecule is Cn1ccn(C)[c]1=[Pt].FC(F)(F)c1ccc(CN(I)I)cc1. The minimum Gasteiger partial charge on any atom is -0.184 e. The second kappa shape index (κ2) is 8.98. The first-order valence-electron chi connectivity index (χ1n) is 6.00. The normalized spacial score (nSPS) is 11.4. The summed E-state index contributed by atoms with van der Waals surface area (Å²) in [6.07, 6.45) is -0.183. The average Bonchev–Trinajstić information content (AvgIpc) is 2.70. The van der Waals surface area contributed by atoms with Crippen LogP contribution in [0.3, 0.4) is 0 Å². The molecule has 0 aliphatic heterocycles. The van der Waals surface area contributed by atoms with Crippen molar-refractivity contribution in [3.8, 4) is 0 Å². The molecule has 3 nitrogen and oxygen atoms in total. The largest absolute Gasteiger partial charge is 0.416 e. The maximum Gasteiger partial charge on any atom is 0.416 e. The van der Waals surface area contributed by atoms with Crippen LogP contribution in [0.2, 0.25) is 0 Å². The monoisotopic (exact) mass is 718 g/mol. The molecule has 0 fully saturated rings. The van der Waals surface area contributed by atoms with E-state index in [0.717, 1.165) is 17.7 Å². The van der Waals surface area contributed by atoms with Gasteiger partial charge in [-0.2, -0.15) is 14.5 Å². The van der Waals surface area contributed by atoms with Crippen molar-refractivity contribution >= 4 is 45.7 Å². The van der Waals surface area contributed by atoms with Crippen molar-refractivity contribution in [1.29, 1.82) is 0 Å². The second-order valence-electron chi connectivity index (χ2n) is 4.42. The van der Waals surface area contributed by atoms with Gasteiger partial charge in [0.15, 0.2) is 0 Å². The number of halogens is 5. The third-order valence-corrected chi connectivity index (χ3v) is 4.92. The molecule has 0 N–H and O–H groups in total. The van der Waals surface area contributed by atoms with E-state index in [4.69, 9.17) is 0 Å². The predicted octanol–water partition coefficient (Wildman–Crippen LogP) is 4.65. The molecule has 1 aromatic heterocycles. The van der Waals surface area contributed by atoms with Gasteiger partial charge in [-0.15, -0.1) is 0 Å². The molecule has 0 bridgehead atoms. The van der Waals surface area contributed by atoms with Crippen molar-refractivity contribution < 1.29 is 32.5 Å². The van der Waals surface area contributed by atoms with Gasteiger partial charge in [0.05, 0.1) is 5.56 Å². The Hall–Kier alpha value is 0.328. The zero-order valence-electron chi connectivity index (χ0n) is 11.7. The molecule has 9 heteroatoms. The van der Waals surface area contributed by atoms with Crippen molar-refractivity contribution in [1.82, 2.24) is 10.5 Å². The Labute approximate surface area is 165 Å². The van der Waals surface area contributed by atoms with E-state index in [1.165, 1.54) is 15.9 Å². The fraction of sp³-hybridized carbons (Fsp3) is 0.308. The van der Waals surface area contributed by atoms with Crippen molar-refractivity contribution in [3.63, 3.8) is 0 Å². The van der Waals surface area contributed by atoms with Gasteiger partial charge in [-0.25, -0.2) is 0 Å². The number of nitrogens with zero attached hydrogens (tertiary/aromatic N) is 3. The molecule has 0 amide bonds. The molecule has 1 heterocycles. The summed E-state index contributed by atoms with van der Waals surface area (Å²) in [6.45, 7) is 0.624. The quantitative estimate of drug-likeness (QED) is 0.326. The Morgan fingerprint density at radius 3 is 1.77 bits per heavy atom. The number of rotatable bonds is 2. The van der Waals surface area contributed by atoms with E-state index < -0.39 is 11.7 Å². The van der Waals surface area contributed by atoms with Gasteiger partial charge in [0.2, 0.25) is 0 Å². The minimum absolute atomic E-state index is 0.602. The van der Waals surface area contributed by atoms with Crippen LogP contribution in [0.25, 0.3) is 0 Å². The van der Waals surface area contributed by atoms with Crippen LogP contribution < -0.4 is 0 Å². The predicted molar refractivity (Wildman–Crippen MR) is 92.7 cm³/mol. The summed E-state index contributed by atoms with van der Waals surface area (Å²) in [5.41, 5.74) is 0.261. The molecule has 0 spiro atoms. The Morgan fingerprint density at radius 2 is 1.50 bits per heavy atom. The van der Waals surface area contributed by atoms with Crippen LogP contribution in [0.5, 0.6) is 0 Å². The van der Waals surface area contributed by atoms with Gasteiger partial charge in [0.1, 0.15) is 0 Å². The van der Waals surface area contributed by atoms with Crippen molar-refractivity contribution in [2.75, 3.05) is 0 Å². The van der Waals surface area contributed by atoms with Crippen LogP contribution in [0, 0.1) is 3.80 Å². The molecule has 0 radical (unpaired) electrons. The zero-order chi connectivity index (χ0) is 16.9. The topological polar surface area (TPSA) is 13.1 Å². The van der Waals surface area contributed by atoms with Crippen LogP contribution in [-0.2, 0) is 46.2 Å². The smallest absolute Gasteiger partial charge is 0.184 e. The fourth-order valence-corrected chi connectivity index (χ4v) is 2.63. The molecule has 0 aliphatic rings. The molecule has 0 aliphatic carbocycles. The summed E-state index contributed by atoms with van der Waals surface area (Å²) in [6, 6.07) is 5.19. The van der Waals surface area contributed by atoms with Crippen molar-refractivity contribution in [2.45, 2.75) is 12.7 Å². The first-order chi connectivity index (χ1) is 10.1. The number of aryl methyl sites for hydroxylation is 2. The van der Waals surface area contributed by atoms with E-state index in [1.807, 2.05) is 27.8 Å². The molecule has 0 unspecified atom stereocenters. The van der Waals surface area contributed by atoms with Crippen LogP contribution in [0.15, 0.2) is 36.7 Å². The first kappa shape index (κ1) is 20.4. The number of aromatic nitrogens is 2. The number of hydrogen-bond acceptors (Lipinski definition) is 1. The van der Waals surface area contributed by atoms with E-state index in [9.17, 15) is 13.2 Å². The summed E-state index contributed by atoms with van der Waals surface area (Å²) in [5, 5.41) is 0. The van der Waals surface area contributed by atoms with Crippen LogP contribution >= 0.6 is 45.7 Å². The van der Waals surface area contributed by atoms with E-state index in [0.29, 0.717) is 6.54 Å². The van der Waals surface area contributed by atoms with Crippen LogP contribution in [0.4, 0.5) is 13.2 Å². The Kier molecular flexibility index (Phi) is 8.32. The van der Waals surface area contributed by atoms with E-state index in [2.05, 4.69) is 74.2 Å². The fourth-order valence-electron chi connectivity index (χ4n) is 1.50. The van der Waals surface area contributed by atoms with Crippen molar-refractivity contribution in [2.24, 2.45) is 14.1 Å². The van der Waals surface area contributed by atoms with Gasteiger partial charge < -0.3 is 0 Å². The van der Waals surface area contributed by atoms with Gasteiger partial charge in [-0.05, 0) is 17.7 Å². The summed E-state index contributed by atoms with van der Waals surface area (Å²) >= 11 is 6.41. The Morgan fingerprint density at radius 1 is 1.05 bits per heavy atom. The molecular formula is C13H14F3I2N3Pt. The molecule has 2 rings (SSSR count). The number of imidazole rings is 1. The molecular weight excluding hydrogens is 704 g/mol. The number of alkyl halides is 3. The van der Waals surface area contributed by atoms with Gasteiger partial charge in [-0.1, -0.05) is 12.1 Å². The average molecular weight is 718 g/mol. The number of benzene rings is 1. The maximum absolute atomic E-state index is 12.2. The summed E-state index contributed by atoms with van der Waals surface area (Å²) < 4.78 is 43.7. The third kappa shape index (κ3) is 6.84. The van der Waals surface area contributed by atoms with E-state index >= 15 is 0 Å². The van der Waals surface area contributed by atoms with Gasteiger partial charge >= 0.3 is 65.0 Å². The molecule has 1 aromatic carbocycles. The molecule has 22 heavy (non-hydrogen) atoms. The van der Waals surface area contributed by atoms with Crippen LogP contribution in [0.1, 0.15) is 11.1 Å². The molecule has 0 atom stereocenters. The molecule has 126 valence electrons. The van der Waals surface area contributed by atoms with Gasteiger partial charge in [0, 0.05) is 52.3 Å². The Bertz CT molecular complexity index is 625. The standard InChI is InChI=1S/C8H6F3I2N.C5H8N2.Pt/c9-8(10,11)7-3-1-6(2-4-7)5-14(12)13;1-6-3-4-7(2)5-6;/h1-4H,5H2;3-4H,1-2H3;. The third-order valence-electron chi connectivity index (χ3n) is 2.64. The second-order valence-corrected chi connectivity index (χ2v) is 9.61. The summed E-state index contributed by atoms with van der Waals surface area (Å²) in [7, 11) is 4.06. The number of hydrogen-bond donors (Lipinski definition) is 0. The molecule has 2 aromatic rings. The minimum atomic E-state index is -4.24. The molecule has 0 saturated heterocycles. The van der Waals surface area contributed by atoms with Crippen LogP contribution in [-0.4, -0.2) is 10.5 Å². The maximum atomic E-state index is 12.2. The summed E-state index contributed by atoms with van der Waals surface area (Å²) in [5.74, 6) is 0. The Balaban J connectivity index is 0.000000255. The van der Waals surface area contributed by atoms with Crippen molar-refractivity contribution in [3.05, 3.63) is 51.6 Å². The first-order valence-corrected chi connectivity index (χ1v) is 9.06. The zero-order valence-corrected chi connectivity index (χ0v) is 18.3. The molecule has 0 saturated carbocycles. The van der Waals surface area contributed by atoms with Gasteiger partial charge in [0.25, 0.3) is 0 Å².